The standard InChI is InChI=1S/C31H33N3O4/c32-25-13-17-27(18-14-25)38-31(37)34-29-20-22(12-19-28(29)24-7-2-1-3-8-24)6-4-5-9-30(36)33-26-15-10-23(21-35)11-16-26/h1-4,6-8,10-12,15-16,19-21,25,27H,5,9,13-14,17-18,32H2,(H,33,36)(H,34,37). The maximum absolute atomic E-state index is 12.7. The van der Waals surface area contributed by atoms with Crippen LogP contribution in [0, 0.1) is 0 Å². The maximum Gasteiger partial charge on any atom is 0.411 e. The fourth-order valence-electron chi connectivity index (χ4n) is 4.44. The molecule has 7 nitrogen and oxygen atoms in total. The molecule has 0 radical (unpaired) electrons. The van der Waals surface area contributed by atoms with Gasteiger partial charge in [-0.25, -0.2) is 4.79 Å². The molecule has 1 saturated carbocycles. The molecule has 0 unspecified atom stereocenters. The molecule has 3 aromatic rings. The molecule has 1 aliphatic rings. The van der Waals surface area contributed by atoms with Crippen molar-refractivity contribution in [1.29, 1.82) is 0 Å². The number of hydrogen-bond acceptors (Lipinski definition) is 5. The monoisotopic (exact) mass is 511 g/mol. The largest absolute Gasteiger partial charge is 0.446 e. The number of ether oxygens (including phenoxy) is 1. The Bertz CT molecular complexity index is 1260. The van der Waals surface area contributed by atoms with E-state index in [4.69, 9.17) is 10.5 Å². The third-order valence-electron chi connectivity index (χ3n) is 6.54. The topological polar surface area (TPSA) is 111 Å². The molecular formula is C31H33N3O4. The van der Waals surface area contributed by atoms with Gasteiger partial charge in [-0.1, -0.05) is 54.6 Å². The van der Waals surface area contributed by atoms with Crippen LogP contribution in [-0.2, 0) is 9.53 Å². The van der Waals surface area contributed by atoms with Crippen LogP contribution in [0.1, 0.15) is 54.4 Å². The number of amides is 2. The van der Waals surface area contributed by atoms with Crippen molar-refractivity contribution in [2.75, 3.05) is 10.6 Å². The van der Waals surface area contributed by atoms with Gasteiger partial charge in [0.1, 0.15) is 12.4 Å². The molecule has 0 atom stereocenters. The van der Waals surface area contributed by atoms with Gasteiger partial charge in [0.15, 0.2) is 0 Å². The number of aldehydes is 1. The zero-order valence-electron chi connectivity index (χ0n) is 21.3. The molecule has 2 amide bonds. The van der Waals surface area contributed by atoms with Gasteiger partial charge in [0.05, 0.1) is 5.69 Å². The zero-order valence-corrected chi connectivity index (χ0v) is 21.3. The van der Waals surface area contributed by atoms with Crippen LogP contribution in [0.4, 0.5) is 16.2 Å². The van der Waals surface area contributed by atoms with E-state index in [1.165, 1.54) is 0 Å². The van der Waals surface area contributed by atoms with E-state index >= 15 is 0 Å². The van der Waals surface area contributed by atoms with Crippen LogP contribution >= 0.6 is 0 Å². The third kappa shape index (κ3) is 7.88. The van der Waals surface area contributed by atoms with Crippen molar-refractivity contribution < 1.29 is 19.1 Å². The predicted octanol–water partition coefficient (Wildman–Crippen LogP) is 6.42. The Labute approximate surface area is 223 Å². The van der Waals surface area contributed by atoms with E-state index in [-0.39, 0.29) is 18.1 Å². The van der Waals surface area contributed by atoms with Gasteiger partial charge < -0.3 is 15.8 Å². The third-order valence-corrected chi connectivity index (χ3v) is 6.54. The van der Waals surface area contributed by atoms with Gasteiger partial charge in [-0.2, -0.15) is 0 Å². The van der Waals surface area contributed by atoms with E-state index in [1.807, 2.05) is 60.7 Å². The average molecular weight is 512 g/mol. The minimum absolute atomic E-state index is 0.110. The molecule has 0 spiro atoms. The van der Waals surface area contributed by atoms with Crippen molar-refractivity contribution >= 4 is 35.7 Å². The first-order chi connectivity index (χ1) is 18.5. The van der Waals surface area contributed by atoms with Crippen LogP contribution in [0.5, 0.6) is 0 Å². The number of benzene rings is 3. The lowest BCUT2D eigenvalue weighted by Gasteiger charge is -2.26. The van der Waals surface area contributed by atoms with Gasteiger partial charge in [-0.3, -0.25) is 14.9 Å². The van der Waals surface area contributed by atoms with Gasteiger partial charge in [0, 0.05) is 29.3 Å². The number of rotatable bonds is 9. The van der Waals surface area contributed by atoms with Crippen LogP contribution in [0.2, 0.25) is 0 Å². The van der Waals surface area contributed by atoms with Crippen LogP contribution in [0.15, 0.2) is 78.9 Å². The summed E-state index contributed by atoms with van der Waals surface area (Å²) in [7, 11) is 0. The van der Waals surface area contributed by atoms with E-state index in [1.54, 1.807) is 24.3 Å². The first-order valence-electron chi connectivity index (χ1n) is 12.9. The van der Waals surface area contributed by atoms with Crippen LogP contribution in [0.25, 0.3) is 17.2 Å². The number of nitrogens with two attached hydrogens (primary N) is 1. The van der Waals surface area contributed by atoms with Gasteiger partial charge in [-0.05, 0) is 73.6 Å². The van der Waals surface area contributed by atoms with Crippen molar-refractivity contribution in [3.63, 3.8) is 0 Å². The highest BCUT2D eigenvalue weighted by molar-refractivity contribution is 5.93. The molecule has 4 rings (SSSR count). The second kappa shape index (κ2) is 13.4. The number of anilines is 2. The van der Waals surface area contributed by atoms with Gasteiger partial charge in [0.25, 0.3) is 0 Å². The molecule has 38 heavy (non-hydrogen) atoms. The summed E-state index contributed by atoms with van der Waals surface area (Å²) in [5, 5.41) is 5.77. The normalized spacial score (nSPS) is 17.1. The summed E-state index contributed by atoms with van der Waals surface area (Å²) < 4.78 is 5.68. The van der Waals surface area contributed by atoms with Crippen LogP contribution in [0.3, 0.4) is 0 Å². The fraction of sp³-hybridized carbons (Fsp3) is 0.258. The molecule has 0 aliphatic heterocycles. The fourth-order valence-corrected chi connectivity index (χ4v) is 4.44. The highest BCUT2D eigenvalue weighted by atomic mass is 16.6. The van der Waals surface area contributed by atoms with Crippen LogP contribution in [-0.4, -0.2) is 30.4 Å². The number of nitrogens with one attached hydrogen (secondary N) is 2. The lowest BCUT2D eigenvalue weighted by Crippen LogP contribution is -2.32. The number of carbonyl (C=O) groups is 3. The number of carbonyl (C=O) groups excluding carboxylic acids is 3. The second-order valence-corrected chi connectivity index (χ2v) is 9.47. The quantitative estimate of drug-likeness (QED) is 0.287. The summed E-state index contributed by atoms with van der Waals surface area (Å²) in [6.07, 6.45) is 8.18. The smallest absolute Gasteiger partial charge is 0.411 e. The van der Waals surface area contributed by atoms with Crippen LogP contribution < -0.4 is 16.4 Å². The van der Waals surface area contributed by atoms with Gasteiger partial charge >= 0.3 is 6.09 Å². The first-order valence-corrected chi connectivity index (χ1v) is 12.9. The molecular weight excluding hydrogens is 478 g/mol. The summed E-state index contributed by atoms with van der Waals surface area (Å²) in [4.78, 5) is 35.7. The first kappa shape index (κ1) is 26.8. The number of allylic oxidation sites excluding steroid dienone is 1. The minimum Gasteiger partial charge on any atom is -0.446 e. The van der Waals surface area contributed by atoms with Crippen molar-refractivity contribution in [3.05, 3.63) is 90.0 Å². The lowest BCUT2D eigenvalue weighted by atomic mass is 9.94. The van der Waals surface area contributed by atoms with E-state index in [9.17, 15) is 14.4 Å². The minimum atomic E-state index is -0.471. The Balaban J connectivity index is 1.38. The highest BCUT2D eigenvalue weighted by Crippen LogP contribution is 2.30. The predicted molar refractivity (Wildman–Crippen MR) is 151 cm³/mol. The maximum atomic E-state index is 12.7. The lowest BCUT2D eigenvalue weighted by molar-refractivity contribution is -0.116. The van der Waals surface area contributed by atoms with E-state index < -0.39 is 6.09 Å². The van der Waals surface area contributed by atoms with E-state index in [2.05, 4.69) is 10.6 Å². The summed E-state index contributed by atoms with van der Waals surface area (Å²) in [6, 6.07) is 22.6. The Hall–Kier alpha value is -4.23. The molecule has 0 bridgehead atoms. The van der Waals surface area contributed by atoms with Crippen molar-refractivity contribution in [2.45, 2.75) is 50.7 Å². The van der Waals surface area contributed by atoms with Gasteiger partial charge in [0.2, 0.25) is 5.91 Å². The Morgan fingerprint density at radius 2 is 1.61 bits per heavy atom. The van der Waals surface area contributed by atoms with Crippen molar-refractivity contribution in [3.8, 4) is 11.1 Å². The van der Waals surface area contributed by atoms with Crippen molar-refractivity contribution in [2.24, 2.45) is 5.73 Å². The van der Waals surface area contributed by atoms with Crippen molar-refractivity contribution in [1.82, 2.24) is 0 Å². The highest BCUT2D eigenvalue weighted by Gasteiger charge is 2.22. The molecule has 196 valence electrons. The van der Waals surface area contributed by atoms with Gasteiger partial charge in [-0.15, -0.1) is 0 Å². The molecule has 0 heterocycles. The molecule has 1 aliphatic carbocycles. The molecule has 0 saturated heterocycles. The molecule has 7 heteroatoms. The molecule has 4 N–H and O–H groups in total. The molecule has 0 aromatic heterocycles. The Morgan fingerprint density at radius 3 is 2.32 bits per heavy atom. The second-order valence-electron chi connectivity index (χ2n) is 9.47. The average Bonchev–Trinajstić information content (AvgIpc) is 2.93. The summed E-state index contributed by atoms with van der Waals surface area (Å²) in [6.45, 7) is 0. The SMILES string of the molecule is NC1CCC(OC(=O)Nc2cc(C=CCCC(=O)Nc3ccc(C=O)cc3)ccc2-c2ccccc2)CC1. The summed E-state index contributed by atoms with van der Waals surface area (Å²) in [5.74, 6) is -0.110. The zero-order chi connectivity index (χ0) is 26.7. The Morgan fingerprint density at radius 1 is 0.895 bits per heavy atom. The summed E-state index contributed by atoms with van der Waals surface area (Å²) in [5.41, 5.74) is 10.6. The van der Waals surface area contributed by atoms with E-state index in [0.29, 0.717) is 29.8 Å². The number of hydrogen-bond donors (Lipinski definition) is 3. The van der Waals surface area contributed by atoms with E-state index in [0.717, 1.165) is 48.7 Å². The molecule has 3 aromatic carbocycles. The summed E-state index contributed by atoms with van der Waals surface area (Å²) >= 11 is 0. The Kier molecular flexibility index (Phi) is 9.43. The molecule has 1 fully saturated rings.